The van der Waals surface area contributed by atoms with Gasteiger partial charge < -0.3 is 5.32 Å². The van der Waals surface area contributed by atoms with Crippen molar-refractivity contribution < 1.29 is 4.79 Å². The summed E-state index contributed by atoms with van der Waals surface area (Å²) in [5, 5.41) is 3.55. The van der Waals surface area contributed by atoms with E-state index in [-0.39, 0.29) is 5.91 Å². The highest BCUT2D eigenvalue weighted by atomic mass is 35.5. The zero-order valence-corrected chi connectivity index (χ0v) is 15.2. The number of nitrogens with one attached hydrogen (secondary N) is 1. The summed E-state index contributed by atoms with van der Waals surface area (Å²) in [6.45, 7) is 1.95. The van der Waals surface area contributed by atoms with Gasteiger partial charge in [0.05, 0.1) is 4.58 Å². The van der Waals surface area contributed by atoms with Crippen molar-refractivity contribution in [1.82, 2.24) is 0 Å². The molecule has 23 heavy (non-hydrogen) atoms. The summed E-state index contributed by atoms with van der Waals surface area (Å²) in [6.07, 6.45) is 1.28. The lowest BCUT2D eigenvalue weighted by atomic mass is 10.1. The van der Waals surface area contributed by atoms with Crippen molar-refractivity contribution in [3.63, 3.8) is 0 Å². The molecule has 3 rings (SSSR count). The van der Waals surface area contributed by atoms with Crippen molar-refractivity contribution in [3.8, 4) is 0 Å². The first kappa shape index (κ1) is 16.7. The molecule has 0 bridgehead atoms. The van der Waals surface area contributed by atoms with Crippen molar-refractivity contribution in [2.75, 3.05) is 16.8 Å². The lowest BCUT2D eigenvalue weighted by Gasteiger charge is -2.21. The number of anilines is 1. The van der Waals surface area contributed by atoms with Gasteiger partial charge in [-0.15, -0.1) is 23.5 Å². The molecule has 0 spiro atoms. The monoisotopic (exact) mass is 363 g/mol. The van der Waals surface area contributed by atoms with Crippen LogP contribution in [0, 0.1) is 6.92 Å². The first-order chi connectivity index (χ1) is 11.1. The highest BCUT2D eigenvalue weighted by molar-refractivity contribution is 8.16. The van der Waals surface area contributed by atoms with Gasteiger partial charge >= 0.3 is 0 Å². The summed E-state index contributed by atoms with van der Waals surface area (Å²) in [4.78, 5) is 12.4. The van der Waals surface area contributed by atoms with E-state index in [9.17, 15) is 4.79 Å². The van der Waals surface area contributed by atoms with E-state index in [0.29, 0.717) is 15.2 Å². The molecule has 1 heterocycles. The number of benzene rings is 2. The van der Waals surface area contributed by atoms with Gasteiger partial charge in [0.1, 0.15) is 0 Å². The molecule has 1 aliphatic rings. The van der Waals surface area contributed by atoms with E-state index >= 15 is 0 Å². The van der Waals surface area contributed by atoms with Crippen LogP contribution in [-0.2, 0) is 0 Å². The molecule has 2 nitrogen and oxygen atoms in total. The Kier molecular flexibility index (Phi) is 5.57. The lowest BCUT2D eigenvalue weighted by molar-refractivity contribution is 0.102. The van der Waals surface area contributed by atoms with Crippen LogP contribution in [0.25, 0.3) is 0 Å². The molecule has 1 fully saturated rings. The van der Waals surface area contributed by atoms with Gasteiger partial charge in [-0.05, 0) is 60.2 Å². The molecule has 0 radical (unpaired) electrons. The molecule has 0 unspecified atom stereocenters. The van der Waals surface area contributed by atoms with Gasteiger partial charge in [0.25, 0.3) is 5.91 Å². The number of halogens is 1. The first-order valence-electron chi connectivity index (χ1n) is 7.54. The van der Waals surface area contributed by atoms with E-state index in [1.807, 2.05) is 54.7 Å². The fourth-order valence-corrected chi connectivity index (χ4v) is 5.46. The SMILES string of the molecule is Cc1ccc(Cl)cc1NC(=O)c1ccc(C2SCCCS2)cc1. The van der Waals surface area contributed by atoms with Gasteiger partial charge in [0.15, 0.2) is 0 Å². The van der Waals surface area contributed by atoms with Crippen LogP contribution in [0.3, 0.4) is 0 Å². The predicted molar refractivity (Wildman–Crippen MR) is 103 cm³/mol. The van der Waals surface area contributed by atoms with Crippen molar-refractivity contribution in [2.24, 2.45) is 0 Å². The molecule has 0 aliphatic carbocycles. The second-order valence-corrected chi connectivity index (χ2v) is 8.62. The van der Waals surface area contributed by atoms with Gasteiger partial charge in [-0.2, -0.15) is 0 Å². The number of hydrogen-bond donors (Lipinski definition) is 1. The fourth-order valence-electron chi connectivity index (χ4n) is 2.40. The Morgan fingerprint density at radius 1 is 1.13 bits per heavy atom. The maximum atomic E-state index is 12.4. The van der Waals surface area contributed by atoms with E-state index in [2.05, 4.69) is 17.4 Å². The van der Waals surface area contributed by atoms with E-state index in [0.717, 1.165) is 11.3 Å². The molecular weight excluding hydrogens is 346 g/mol. The summed E-state index contributed by atoms with van der Waals surface area (Å²) in [5.41, 5.74) is 3.70. The molecule has 1 saturated heterocycles. The Morgan fingerprint density at radius 2 is 1.83 bits per heavy atom. The van der Waals surface area contributed by atoms with Crippen molar-refractivity contribution in [3.05, 3.63) is 64.2 Å². The third kappa shape index (κ3) is 4.25. The molecule has 1 amide bonds. The highest BCUT2D eigenvalue weighted by Gasteiger charge is 2.17. The summed E-state index contributed by atoms with van der Waals surface area (Å²) in [5.74, 6) is 2.33. The Balaban J connectivity index is 1.71. The second-order valence-electron chi connectivity index (χ2n) is 5.46. The van der Waals surface area contributed by atoms with Gasteiger partial charge in [0.2, 0.25) is 0 Å². The van der Waals surface area contributed by atoms with Gasteiger partial charge in [0, 0.05) is 16.3 Å². The number of carbonyl (C=O) groups is 1. The number of amides is 1. The standard InChI is InChI=1S/C18H18ClNOS2/c1-12-3-8-15(19)11-16(12)20-17(21)13-4-6-14(7-5-13)18-22-9-2-10-23-18/h3-8,11,18H,2,9-10H2,1H3,(H,20,21). The van der Waals surface area contributed by atoms with Crippen LogP contribution in [0.15, 0.2) is 42.5 Å². The highest BCUT2D eigenvalue weighted by Crippen LogP contribution is 2.43. The number of hydrogen-bond acceptors (Lipinski definition) is 3. The summed E-state index contributed by atoms with van der Waals surface area (Å²) < 4.78 is 0.496. The van der Waals surface area contributed by atoms with E-state index in [1.54, 1.807) is 6.07 Å². The minimum absolute atomic E-state index is 0.106. The number of rotatable bonds is 3. The molecule has 0 atom stereocenters. The molecular formula is C18H18ClNOS2. The van der Waals surface area contributed by atoms with Crippen molar-refractivity contribution in [2.45, 2.75) is 17.9 Å². The molecule has 2 aromatic carbocycles. The van der Waals surface area contributed by atoms with Crippen LogP contribution >= 0.6 is 35.1 Å². The number of thioether (sulfide) groups is 2. The maximum absolute atomic E-state index is 12.4. The van der Waals surface area contributed by atoms with E-state index < -0.39 is 0 Å². The fraction of sp³-hybridized carbons (Fsp3) is 0.278. The molecule has 0 saturated carbocycles. The maximum Gasteiger partial charge on any atom is 0.255 e. The van der Waals surface area contributed by atoms with Crippen LogP contribution in [0.4, 0.5) is 5.69 Å². The summed E-state index contributed by atoms with van der Waals surface area (Å²) >= 11 is 9.97. The predicted octanol–water partition coefficient (Wildman–Crippen LogP) is 5.77. The second kappa shape index (κ2) is 7.65. The molecule has 2 aromatic rings. The number of carbonyl (C=O) groups excluding carboxylic acids is 1. The van der Waals surface area contributed by atoms with Crippen molar-refractivity contribution >= 4 is 46.7 Å². The van der Waals surface area contributed by atoms with Crippen LogP contribution in [-0.4, -0.2) is 17.4 Å². The zero-order valence-electron chi connectivity index (χ0n) is 12.8. The smallest absolute Gasteiger partial charge is 0.255 e. The molecule has 0 aromatic heterocycles. The van der Waals surface area contributed by atoms with E-state index in [4.69, 9.17) is 11.6 Å². The van der Waals surface area contributed by atoms with Gasteiger partial charge in [-0.1, -0.05) is 29.8 Å². The van der Waals surface area contributed by atoms with Crippen LogP contribution in [0.5, 0.6) is 0 Å². The van der Waals surface area contributed by atoms with Crippen molar-refractivity contribution in [1.29, 1.82) is 0 Å². The minimum Gasteiger partial charge on any atom is -0.322 e. The van der Waals surface area contributed by atoms with E-state index in [1.165, 1.54) is 23.5 Å². The normalized spacial score (nSPS) is 15.4. The molecule has 1 aliphatic heterocycles. The summed E-state index contributed by atoms with van der Waals surface area (Å²) in [6, 6.07) is 13.4. The largest absolute Gasteiger partial charge is 0.322 e. The van der Waals surface area contributed by atoms with Gasteiger partial charge in [-0.25, -0.2) is 0 Å². The topological polar surface area (TPSA) is 29.1 Å². The van der Waals surface area contributed by atoms with Gasteiger partial charge in [-0.3, -0.25) is 4.79 Å². The Labute approximate surface area is 150 Å². The average Bonchev–Trinajstić information content (AvgIpc) is 2.59. The number of aryl methyl sites for hydroxylation is 1. The first-order valence-corrected chi connectivity index (χ1v) is 10.0. The van der Waals surface area contributed by atoms with Crippen LogP contribution in [0.1, 0.15) is 32.5 Å². The third-order valence-electron chi connectivity index (χ3n) is 3.72. The average molecular weight is 364 g/mol. The zero-order chi connectivity index (χ0) is 16.2. The molecule has 120 valence electrons. The Hall–Kier alpha value is -1.10. The quantitative estimate of drug-likeness (QED) is 0.750. The molecule has 5 heteroatoms. The van der Waals surface area contributed by atoms with Crippen LogP contribution in [0.2, 0.25) is 5.02 Å². The Morgan fingerprint density at radius 3 is 2.52 bits per heavy atom. The van der Waals surface area contributed by atoms with Crippen LogP contribution < -0.4 is 5.32 Å². The summed E-state index contributed by atoms with van der Waals surface area (Å²) in [7, 11) is 0. The minimum atomic E-state index is -0.106. The molecule has 1 N–H and O–H groups in total. The third-order valence-corrected chi connectivity index (χ3v) is 6.97. The Bertz CT molecular complexity index is 697. The lowest BCUT2D eigenvalue weighted by Crippen LogP contribution is -2.13.